The summed E-state index contributed by atoms with van der Waals surface area (Å²) in [6.07, 6.45) is 1.92. The lowest BCUT2D eigenvalue weighted by atomic mass is 9.87. The van der Waals surface area contributed by atoms with E-state index in [-0.39, 0.29) is 11.9 Å². The number of nitrogens with zero attached hydrogens (tertiary/aromatic N) is 2. The van der Waals surface area contributed by atoms with Crippen LogP contribution in [0.3, 0.4) is 0 Å². The molecule has 0 bridgehead atoms. The number of likely N-dealkylation sites (tertiary alicyclic amines) is 1. The second-order valence-corrected chi connectivity index (χ2v) is 6.55. The molecular weight excluding hydrogens is 299 g/mol. The standard InChI is InChI=1S/C17H21FN2OS/c1-21-17-10-20(9-15-11-22-12-19-15)7-6-14(17)8-13-4-2-3-5-16(13)18/h2-5,11-12,14,17H,6-10H2,1H3/t14-,17+/m1/s1. The number of ether oxygens (including phenoxy) is 1. The molecule has 2 aromatic rings. The van der Waals surface area contributed by atoms with Crippen LogP contribution in [-0.2, 0) is 17.7 Å². The first-order valence-electron chi connectivity index (χ1n) is 7.62. The van der Waals surface area contributed by atoms with E-state index in [2.05, 4.69) is 15.3 Å². The van der Waals surface area contributed by atoms with E-state index >= 15 is 0 Å². The molecule has 1 aromatic heterocycles. The first-order chi connectivity index (χ1) is 10.8. The first-order valence-corrected chi connectivity index (χ1v) is 8.56. The van der Waals surface area contributed by atoms with Gasteiger partial charge in [0.25, 0.3) is 0 Å². The van der Waals surface area contributed by atoms with Gasteiger partial charge in [-0.15, -0.1) is 11.3 Å². The number of benzene rings is 1. The van der Waals surface area contributed by atoms with Crippen molar-refractivity contribution in [1.29, 1.82) is 0 Å². The van der Waals surface area contributed by atoms with Crippen molar-refractivity contribution < 1.29 is 9.13 Å². The predicted molar refractivity (Wildman–Crippen MR) is 86.4 cm³/mol. The van der Waals surface area contributed by atoms with Gasteiger partial charge in [0.15, 0.2) is 0 Å². The molecule has 1 aliphatic heterocycles. The normalized spacial score (nSPS) is 22.8. The van der Waals surface area contributed by atoms with Gasteiger partial charge in [-0.25, -0.2) is 9.37 Å². The molecule has 0 unspecified atom stereocenters. The third-order valence-electron chi connectivity index (χ3n) is 4.39. The zero-order chi connectivity index (χ0) is 15.4. The van der Waals surface area contributed by atoms with Crippen molar-refractivity contribution in [3.05, 3.63) is 52.2 Å². The lowest BCUT2D eigenvalue weighted by Gasteiger charge is -2.37. The fourth-order valence-electron chi connectivity index (χ4n) is 3.16. The van der Waals surface area contributed by atoms with E-state index in [1.54, 1.807) is 24.5 Å². The van der Waals surface area contributed by atoms with E-state index in [4.69, 9.17) is 4.74 Å². The fourth-order valence-corrected chi connectivity index (χ4v) is 3.71. The Morgan fingerprint density at radius 2 is 2.27 bits per heavy atom. The van der Waals surface area contributed by atoms with Crippen LogP contribution in [-0.4, -0.2) is 36.2 Å². The number of hydrogen-bond acceptors (Lipinski definition) is 4. The number of rotatable bonds is 5. The second-order valence-electron chi connectivity index (χ2n) is 5.83. The van der Waals surface area contributed by atoms with E-state index in [0.717, 1.165) is 43.7 Å². The Bertz CT molecular complexity index is 590. The van der Waals surface area contributed by atoms with Crippen molar-refractivity contribution in [3.63, 3.8) is 0 Å². The summed E-state index contributed by atoms with van der Waals surface area (Å²) in [7, 11) is 1.76. The third-order valence-corrected chi connectivity index (χ3v) is 5.03. The highest BCUT2D eigenvalue weighted by atomic mass is 32.1. The summed E-state index contributed by atoms with van der Waals surface area (Å²) in [5.41, 5.74) is 3.78. The van der Waals surface area contributed by atoms with Gasteiger partial charge >= 0.3 is 0 Å². The molecule has 1 fully saturated rings. The monoisotopic (exact) mass is 320 g/mol. The van der Waals surface area contributed by atoms with Crippen molar-refractivity contribution in [3.8, 4) is 0 Å². The Morgan fingerprint density at radius 1 is 1.41 bits per heavy atom. The Labute approximate surface area is 134 Å². The fraction of sp³-hybridized carbons (Fsp3) is 0.471. The van der Waals surface area contributed by atoms with E-state index in [1.165, 1.54) is 6.07 Å². The second kappa shape index (κ2) is 7.31. The first kappa shape index (κ1) is 15.6. The molecule has 0 N–H and O–H groups in total. The Kier molecular flexibility index (Phi) is 5.18. The molecule has 3 nitrogen and oxygen atoms in total. The molecule has 3 rings (SSSR count). The Hall–Kier alpha value is -1.30. The third kappa shape index (κ3) is 3.72. The maximum absolute atomic E-state index is 13.8. The van der Waals surface area contributed by atoms with Crippen molar-refractivity contribution in [2.45, 2.75) is 25.5 Å². The molecule has 1 aromatic carbocycles. The van der Waals surface area contributed by atoms with E-state index < -0.39 is 0 Å². The maximum atomic E-state index is 13.8. The quantitative estimate of drug-likeness (QED) is 0.845. The lowest BCUT2D eigenvalue weighted by molar-refractivity contribution is -0.0141. The van der Waals surface area contributed by atoms with Crippen LogP contribution in [0.15, 0.2) is 35.2 Å². The minimum atomic E-state index is -0.109. The van der Waals surface area contributed by atoms with E-state index in [9.17, 15) is 4.39 Å². The molecular formula is C17H21FN2OS. The Balaban J connectivity index is 1.61. The molecule has 2 heterocycles. The van der Waals surface area contributed by atoms with Gasteiger partial charge in [0.05, 0.1) is 17.3 Å². The molecule has 0 aliphatic carbocycles. The topological polar surface area (TPSA) is 25.4 Å². The van der Waals surface area contributed by atoms with Gasteiger partial charge in [0, 0.05) is 25.6 Å². The van der Waals surface area contributed by atoms with Crippen LogP contribution in [0.25, 0.3) is 0 Å². The van der Waals surface area contributed by atoms with Crippen LogP contribution in [0, 0.1) is 11.7 Å². The Morgan fingerprint density at radius 3 is 3.00 bits per heavy atom. The minimum Gasteiger partial charge on any atom is -0.380 e. The van der Waals surface area contributed by atoms with Crippen molar-refractivity contribution >= 4 is 11.3 Å². The van der Waals surface area contributed by atoms with Crippen LogP contribution in [0.1, 0.15) is 17.7 Å². The summed E-state index contributed by atoms with van der Waals surface area (Å²) in [6, 6.07) is 7.05. The summed E-state index contributed by atoms with van der Waals surface area (Å²) in [6.45, 7) is 2.76. The molecule has 118 valence electrons. The number of piperidine rings is 1. The smallest absolute Gasteiger partial charge is 0.126 e. The molecule has 0 spiro atoms. The van der Waals surface area contributed by atoms with Crippen LogP contribution in [0.5, 0.6) is 0 Å². The largest absolute Gasteiger partial charge is 0.380 e. The maximum Gasteiger partial charge on any atom is 0.126 e. The highest BCUT2D eigenvalue weighted by Crippen LogP contribution is 2.26. The lowest BCUT2D eigenvalue weighted by Crippen LogP contribution is -2.45. The number of halogens is 1. The number of methoxy groups -OCH3 is 1. The highest BCUT2D eigenvalue weighted by Gasteiger charge is 2.30. The van der Waals surface area contributed by atoms with Crippen LogP contribution < -0.4 is 0 Å². The van der Waals surface area contributed by atoms with E-state index in [1.807, 2.05) is 17.6 Å². The molecule has 1 saturated heterocycles. The molecule has 1 aliphatic rings. The average molecular weight is 320 g/mol. The minimum absolute atomic E-state index is 0.109. The number of thiazole rings is 1. The molecule has 0 amide bonds. The van der Waals surface area contributed by atoms with E-state index in [0.29, 0.717) is 5.92 Å². The van der Waals surface area contributed by atoms with Crippen molar-refractivity contribution in [2.24, 2.45) is 5.92 Å². The SMILES string of the molecule is CO[C@H]1CN(Cc2cscn2)CC[C@@H]1Cc1ccccc1F. The average Bonchev–Trinajstić information content (AvgIpc) is 3.04. The van der Waals surface area contributed by atoms with Crippen molar-refractivity contribution in [2.75, 3.05) is 20.2 Å². The van der Waals surface area contributed by atoms with Gasteiger partial charge < -0.3 is 4.74 Å². The summed E-state index contributed by atoms with van der Waals surface area (Å²) in [4.78, 5) is 6.72. The van der Waals surface area contributed by atoms with Gasteiger partial charge in [-0.05, 0) is 36.9 Å². The zero-order valence-corrected chi connectivity index (χ0v) is 13.6. The summed E-state index contributed by atoms with van der Waals surface area (Å²) in [5.74, 6) is 0.260. The highest BCUT2D eigenvalue weighted by molar-refractivity contribution is 7.07. The number of hydrogen-bond donors (Lipinski definition) is 0. The number of aromatic nitrogens is 1. The molecule has 22 heavy (non-hydrogen) atoms. The summed E-state index contributed by atoms with van der Waals surface area (Å²) in [5, 5.41) is 2.09. The van der Waals surface area contributed by atoms with Crippen LogP contribution in [0.4, 0.5) is 4.39 Å². The predicted octanol–water partition coefficient (Wildman–Crippen LogP) is 3.36. The van der Waals surface area contributed by atoms with Crippen LogP contribution >= 0.6 is 11.3 Å². The molecule has 2 atom stereocenters. The van der Waals surface area contributed by atoms with Gasteiger partial charge in [-0.1, -0.05) is 18.2 Å². The van der Waals surface area contributed by atoms with Gasteiger partial charge in [-0.3, -0.25) is 4.90 Å². The van der Waals surface area contributed by atoms with Gasteiger partial charge in [0.1, 0.15) is 5.82 Å². The summed E-state index contributed by atoms with van der Waals surface area (Å²) >= 11 is 1.63. The van der Waals surface area contributed by atoms with Gasteiger partial charge in [-0.2, -0.15) is 0 Å². The molecule has 0 radical (unpaired) electrons. The van der Waals surface area contributed by atoms with Gasteiger partial charge in [0.2, 0.25) is 0 Å². The summed E-state index contributed by atoms with van der Waals surface area (Å²) < 4.78 is 19.5. The van der Waals surface area contributed by atoms with Crippen molar-refractivity contribution in [1.82, 2.24) is 9.88 Å². The molecule has 5 heteroatoms. The zero-order valence-electron chi connectivity index (χ0n) is 12.7. The molecule has 0 saturated carbocycles. The van der Waals surface area contributed by atoms with Crippen LogP contribution in [0.2, 0.25) is 0 Å².